The van der Waals surface area contributed by atoms with E-state index in [4.69, 9.17) is 9.73 Å². The number of carbonyl (C=O) groups is 1. The highest BCUT2D eigenvalue weighted by atomic mass is 79.9. The van der Waals surface area contributed by atoms with Crippen LogP contribution < -0.4 is 0 Å². The quantitative estimate of drug-likeness (QED) is 0.438. The van der Waals surface area contributed by atoms with Crippen LogP contribution in [0.1, 0.15) is 26.7 Å². The lowest BCUT2D eigenvalue weighted by Crippen LogP contribution is -2.51. The van der Waals surface area contributed by atoms with Gasteiger partial charge in [0.1, 0.15) is 16.8 Å². The fourth-order valence-corrected chi connectivity index (χ4v) is 1.44. The van der Waals surface area contributed by atoms with Gasteiger partial charge >= 0.3 is 5.97 Å². The molecule has 3 aliphatic heterocycles. The molecule has 3 rings (SSSR count). The first-order valence-electron chi connectivity index (χ1n) is 4.50. The second-order valence-corrected chi connectivity index (χ2v) is 5.88. The first-order chi connectivity index (χ1) is 6.48. The van der Waals surface area contributed by atoms with Gasteiger partial charge in [0, 0.05) is 0 Å². The van der Waals surface area contributed by atoms with Gasteiger partial charge in [0.05, 0.1) is 0 Å². The molecule has 5 nitrogen and oxygen atoms in total. The number of rotatable bonds is 3. The molecule has 6 heteroatoms. The van der Waals surface area contributed by atoms with Crippen molar-refractivity contribution >= 4 is 21.9 Å². The molecule has 3 aliphatic rings. The van der Waals surface area contributed by atoms with Crippen LogP contribution in [-0.2, 0) is 19.4 Å². The van der Waals surface area contributed by atoms with Crippen LogP contribution in [0.2, 0.25) is 0 Å². The SMILES string of the molecule is CC(C)(Br)C(=O)OON1C2CCC1O2. The zero-order chi connectivity index (χ0) is 10.3. The van der Waals surface area contributed by atoms with Gasteiger partial charge in [-0.15, -0.1) is 0 Å². The topological polar surface area (TPSA) is 48.0 Å². The van der Waals surface area contributed by atoms with E-state index in [-0.39, 0.29) is 12.5 Å². The van der Waals surface area contributed by atoms with Crippen molar-refractivity contribution in [1.82, 2.24) is 5.06 Å². The van der Waals surface area contributed by atoms with E-state index in [0.29, 0.717) is 0 Å². The van der Waals surface area contributed by atoms with Crippen molar-refractivity contribution in [2.24, 2.45) is 0 Å². The molecular formula is C8H12BrNO4. The first kappa shape index (κ1) is 10.4. The van der Waals surface area contributed by atoms with Crippen LogP contribution in [-0.4, -0.2) is 27.8 Å². The van der Waals surface area contributed by atoms with Gasteiger partial charge in [-0.25, -0.2) is 4.79 Å². The van der Waals surface area contributed by atoms with Crippen molar-refractivity contribution in [3.63, 3.8) is 0 Å². The molecule has 2 unspecified atom stereocenters. The van der Waals surface area contributed by atoms with Gasteiger partial charge < -0.3 is 4.74 Å². The highest BCUT2D eigenvalue weighted by Gasteiger charge is 2.49. The van der Waals surface area contributed by atoms with E-state index >= 15 is 0 Å². The third-order valence-corrected chi connectivity index (χ3v) is 2.55. The van der Waals surface area contributed by atoms with Crippen LogP contribution >= 0.6 is 15.9 Å². The Bertz CT molecular complexity index is 238. The molecule has 2 atom stereocenters. The van der Waals surface area contributed by atoms with Gasteiger partial charge in [0.15, 0.2) is 0 Å². The molecule has 0 amide bonds. The highest BCUT2D eigenvalue weighted by Crippen LogP contribution is 2.37. The number of fused-ring (bicyclic) bond motifs is 1. The molecule has 2 bridgehead atoms. The molecule has 3 fully saturated rings. The number of hydrogen-bond acceptors (Lipinski definition) is 5. The largest absolute Gasteiger partial charge is 0.360 e. The van der Waals surface area contributed by atoms with E-state index in [9.17, 15) is 4.79 Å². The van der Waals surface area contributed by atoms with Crippen molar-refractivity contribution in [3.8, 4) is 0 Å². The van der Waals surface area contributed by atoms with Gasteiger partial charge in [0.25, 0.3) is 0 Å². The summed E-state index contributed by atoms with van der Waals surface area (Å²) in [6.07, 6.45) is 1.79. The lowest BCUT2D eigenvalue weighted by atomic mass is 10.2. The molecule has 0 N–H and O–H groups in total. The summed E-state index contributed by atoms with van der Waals surface area (Å²) < 4.78 is 4.55. The van der Waals surface area contributed by atoms with E-state index in [1.165, 1.54) is 0 Å². The van der Waals surface area contributed by atoms with Crippen LogP contribution in [0.25, 0.3) is 0 Å². The Kier molecular flexibility index (Phi) is 2.55. The highest BCUT2D eigenvalue weighted by molar-refractivity contribution is 9.10. The molecule has 0 aliphatic carbocycles. The number of halogens is 1. The zero-order valence-electron chi connectivity index (χ0n) is 8.03. The minimum Gasteiger partial charge on any atom is -0.340 e. The summed E-state index contributed by atoms with van der Waals surface area (Å²) in [6, 6.07) is 0. The van der Waals surface area contributed by atoms with Crippen LogP contribution in [0, 0.1) is 0 Å². The van der Waals surface area contributed by atoms with Gasteiger partial charge in [-0.1, -0.05) is 26.0 Å². The second-order valence-electron chi connectivity index (χ2n) is 3.90. The Hall–Kier alpha value is -0.170. The van der Waals surface area contributed by atoms with Crippen molar-refractivity contribution < 1.29 is 19.4 Å². The summed E-state index contributed by atoms with van der Waals surface area (Å²) in [5.74, 6) is -0.455. The molecule has 0 aromatic heterocycles. The third-order valence-electron chi connectivity index (χ3n) is 2.23. The molecule has 0 spiro atoms. The number of nitrogens with zero attached hydrogens (tertiary/aromatic N) is 1. The van der Waals surface area contributed by atoms with Gasteiger partial charge in [-0.3, -0.25) is 4.89 Å². The number of hydrogen-bond donors (Lipinski definition) is 0. The number of alkyl halides is 1. The average molecular weight is 266 g/mol. The smallest absolute Gasteiger partial charge is 0.340 e. The molecule has 80 valence electrons. The van der Waals surface area contributed by atoms with Crippen molar-refractivity contribution in [1.29, 1.82) is 0 Å². The predicted octanol–water partition coefficient (Wildman–Crippen LogP) is 1.33. The standard InChI is InChI=1S/C8H12BrNO4/c1-8(2,9)7(11)13-14-10-5-3-4-6(10)12-5/h5-6H,3-4H2,1-2H3. The molecule has 14 heavy (non-hydrogen) atoms. The minimum absolute atomic E-state index is 0.0359. The molecular weight excluding hydrogens is 254 g/mol. The van der Waals surface area contributed by atoms with Crippen LogP contribution in [0.3, 0.4) is 0 Å². The fraction of sp³-hybridized carbons (Fsp3) is 0.875. The fourth-order valence-electron chi connectivity index (χ4n) is 1.37. The van der Waals surface area contributed by atoms with E-state index < -0.39 is 10.3 Å². The summed E-state index contributed by atoms with van der Waals surface area (Å²) in [5, 5.41) is 1.57. The van der Waals surface area contributed by atoms with Crippen LogP contribution in [0.15, 0.2) is 0 Å². The number of hydroxylamine groups is 2. The number of carbonyl (C=O) groups excluding carboxylic acids is 1. The molecule has 0 radical (unpaired) electrons. The number of ether oxygens (including phenoxy) is 1. The zero-order valence-corrected chi connectivity index (χ0v) is 9.61. The van der Waals surface area contributed by atoms with Crippen molar-refractivity contribution in [3.05, 3.63) is 0 Å². The third kappa shape index (κ3) is 1.79. The lowest BCUT2D eigenvalue weighted by Gasteiger charge is -2.36. The van der Waals surface area contributed by atoms with Crippen molar-refractivity contribution in [2.45, 2.75) is 43.5 Å². The summed E-state index contributed by atoms with van der Waals surface area (Å²) in [5.41, 5.74) is 0. The Morgan fingerprint density at radius 3 is 2.50 bits per heavy atom. The maximum Gasteiger partial charge on any atom is 0.360 e. The maximum absolute atomic E-state index is 11.3. The van der Waals surface area contributed by atoms with E-state index in [0.717, 1.165) is 12.8 Å². The summed E-state index contributed by atoms with van der Waals surface area (Å²) in [4.78, 5) is 20.8. The van der Waals surface area contributed by atoms with Gasteiger partial charge in [-0.05, 0) is 26.7 Å². The van der Waals surface area contributed by atoms with E-state index in [1.54, 1.807) is 18.9 Å². The van der Waals surface area contributed by atoms with Gasteiger partial charge in [0.2, 0.25) is 0 Å². The van der Waals surface area contributed by atoms with Crippen molar-refractivity contribution in [2.75, 3.05) is 0 Å². The second kappa shape index (κ2) is 3.44. The summed E-state index contributed by atoms with van der Waals surface area (Å²) in [6.45, 7) is 3.39. The van der Waals surface area contributed by atoms with Crippen LogP contribution in [0.4, 0.5) is 0 Å². The average Bonchev–Trinajstić information content (AvgIpc) is 2.61. The molecule has 0 saturated carbocycles. The normalized spacial score (nSPS) is 31.4. The Balaban J connectivity index is 1.76. The van der Waals surface area contributed by atoms with E-state index in [2.05, 4.69) is 20.8 Å². The van der Waals surface area contributed by atoms with E-state index in [1.807, 2.05) is 0 Å². The Morgan fingerprint density at radius 1 is 1.50 bits per heavy atom. The molecule has 0 aromatic rings. The Labute approximate surface area is 90.3 Å². The minimum atomic E-state index is -0.724. The monoisotopic (exact) mass is 265 g/mol. The Morgan fingerprint density at radius 2 is 2.07 bits per heavy atom. The molecule has 3 heterocycles. The lowest BCUT2D eigenvalue weighted by molar-refractivity contribution is -0.502. The molecule has 3 saturated heterocycles. The van der Waals surface area contributed by atoms with Gasteiger partial charge in [-0.2, -0.15) is 0 Å². The predicted molar refractivity (Wildman–Crippen MR) is 49.9 cm³/mol. The maximum atomic E-state index is 11.3. The molecule has 0 aromatic carbocycles. The summed E-state index contributed by atoms with van der Waals surface area (Å²) >= 11 is 3.18. The first-order valence-corrected chi connectivity index (χ1v) is 5.29. The van der Waals surface area contributed by atoms with Crippen LogP contribution in [0.5, 0.6) is 0 Å². The summed E-state index contributed by atoms with van der Waals surface area (Å²) in [7, 11) is 0.